The first-order valence-corrected chi connectivity index (χ1v) is 8.75. The zero-order chi connectivity index (χ0) is 16.0. The largest absolute Gasteiger partial charge is 0.343 e. The molecule has 4 rings (SSSR count). The molecule has 0 saturated carbocycles. The minimum Gasteiger partial charge on any atom is -0.343 e. The number of benzene rings is 2. The van der Waals surface area contributed by atoms with Gasteiger partial charge in [0.1, 0.15) is 0 Å². The van der Waals surface area contributed by atoms with E-state index in [0.29, 0.717) is 15.1 Å². The summed E-state index contributed by atoms with van der Waals surface area (Å²) in [6.45, 7) is 2.92. The van der Waals surface area contributed by atoms with Crippen LogP contribution < -0.4 is 5.32 Å². The number of aromatic nitrogens is 1. The van der Waals surface area contributed by atoms with Gasteiger partial charge in [0.15, 0.2) is 0 Å². The zero-order valence-electron chi connectivity index (χ0n) is 12.4. The predicted molar refractivity (Wildman–Crippen MR) is 99.0 cm³/mol. The van der Waals surface area contributed by atoms with Crippen molar-refractivity contribution in [3.63, 3.8) is 0 Å². The van der Waals surface area contributed by atoms with Gasteiger partial charge in [-0.25, -0.2) is 0 Å². The first-order valence-electron chi connectivity index (χ1n) is 7.62. The third-order valence-electron chi connectivity index (χ3n) is 4.35. The third kappa shape index (κ3) is 2.64. The Kier molecular flexibility index (Phi) is 4.02. The van der Waals surface area contributed by atoms with Crippen molar-refractivity contribution in [3.8, 4) is 11.1 Å². The minimum atomic E-state index is 0.550. The molecule has 0 spiro atoms. The standard InChI is InChI=1S/C18H15Cl3N2/c19-12-9-15(20)17(16(21)10-12)14-3-1-2-11-8-13-4-5-22-6-7-23(13)18(11)14/h1-3,8-10,22H,4-7H2. The molecular weight excluding hydrogens is 351 g/mol. The van der Waals surface area contributed by atoms with Crippen molar-refractivity contribution in [1.82, 2.24) is 9.88 Å². The van der Waals surface area contributed by atoms with Gasteiger partial charge in [0, 0.05) is 53.3 Å². The fourth-order valence-corrected chi connectivity index (χ4v) is 4.40. The van der Waals surface area contributed by atoms with Crippen molar-refractivity contribution in [2.75, 3.05) is 13.1 Å². The number of hydrogen-bond acceptors (Lipinski definition) is 1. The summed E-state index contributed by atoms with van der Waals surface area (Å²) in [6, 6.07) is 12.0. The first kappa shape index (κ1) is 15.3. The molecule has 1 aromatic heterocycles. The molecule has 0 atom stereocenters. The Morgan fingerprint density at radius 2 is 1.74 bits per heavy atom. The second kappa shape index (κ2) is 6.03. The molecule has 0 bridgehead atoms. The van der Waals surface area contributed by atoms with Crippen LogP contribution >= 0.6 is 34.8 Å². The van der Waals surface area contributed by atoms with Crippen LogP contribution in [0.1, 0.15) is 5.69 Å². The minimum absolute atomic E-state index is 0.550. The third-order valence-corrected chi connectivity index (χ3v) is 5.17. The Hall–Kier alpha value is -1.19. The number of nitrogens with zero attached hydrogens (tertiary/aromatic N) is 1. The van der Waals surface area contributed by atoms with E-state index in [1.807, 2.05) is 0 Å². The summed E-state index contributed by atoms with van der Waals surface area (Å²) >= 11 is 19.0. The number of nitrogens with one attached hydrogen (secondary N) is 1. The van der Waals surface area contributed by atoms with Gasteiger partial charge in [-0.1, -0.05) is 53.0 Å². The summed E-state index contributed by atoms with van der Waals surface area (Å²) in [5.41, 5.74) is 4.44. The van der Waals surface area contributed by atoms with Crippen molar-refractivity contribution in [1.29, 1.82) is 0 Å². The summed E-state index contributed by atoms with van der Waals surface area (Å²) in [4.78, 5) is 0. The van der Waals surface area contributed by atoms with E-state index < -0.39 is 0 Å². The quantitative estimate of drug-likeness (QED) is 0.610. The van der Waals surface area contributed by atoms with E-state index in [9.17, 15) is 0 Å². The van der Waals surface area contributed by atoms with E-state index in [1.54, 1.807) is 12.1 Å². The Morgan fingerprint density at radius 1 is 0.957 bits per heavy atom. The normalized spacial score (nSPS) is 14.7. The molecule has 2 nitrogen and oxygen atoms in total. The molecule has 2 heterocycles. The van der Waals surface area contributed by atoms with Gasteiger partial charge in [-0.15, -0.1) is 0 Å². The molecule has 1 aliphatic rings. The van der Waals surface area contributed by atoms with Gasteiger partial charge >= 0.3 is 0 Å². The van der Waals surface area contributed by atoms with E-state index >= 15 is 0 Å². The fraction of sp³-hybridized carbons (Fsp3) is 0.222. The van der Waals surface area contributed by atoms with Crippen molar-refractivity contribution < 1.29 is 0 Å². The van der Waals surface area contributed by atoms with Crippen molar-refractivity contribution >= 4 is 45.7 Å². The Labute approximate surface area is 150 Å². The number of hydrogen-bond donors (Lipinski definition) is 1. The summed E-state index contributed by atoms with van der Waals surface area (Å²) in [6.07, 6.45) is 1.02. The summed E-state index contributed by atoms with van der Waals surface area (Å²) in [7, 11) is 0. The summed E-state index contributed by atoms with van der Waals surface area (Å²) in [5.74, 6) is 0. The summed E-state index contributed by atoms with van der Waals surface area (Å²) in [5, 5.41) is 6.38. The van der Waals surface area contributed by atoms with Crippen LogP contribution in [-0.2, 0) is 13.0 Å². The van der Waals surface area contributed by atoms with Gasteiger partial charge in [-0.05, 0) is 18.2 Å². The number of halogens is 3. The molecule has 23 heavy (non-hydrogen) atoms. The maximum absolute atomic E-state index is 6.46. The lowest BCUT2D eigenvalue weighted by molar-refractivity contribution is 0.658. The highest BCUT2D eigenvalue weighted by atomic mass is 35.5. The molecule has 1 N–H and O–H groups in total. The van der Waals surface area contributed by atoms with E-state index in [1.165, 1.54) is 16.6 Å². The molecule has 0 saturated heterocycles. The van der Waals surface area contributed by atoms with Gasteiger partial charge in [0.25, 0.3) is 0 Å². The maximum atomic E-state index is 6.46. The fourth-order valence-electron chi connectivity index (χ4n) is 3.38. The van der Waals surface area contributed by atoms with E-state index in [0.717, 1.165) is 37.2 Å². The monoisotopic (exact) mass is 364 g/mol. The second-order valence-corrected chi connectivity index (χ2v) is 7.03. The average Bonchev–Trinajstić information content (AvgIpc) is 2.69. The van der Waals surface area contributed by atoms with Crippen molar-refractivity contribution in [2.24, 2.45) is 0 Å². The molecular formula is C18H15Cl3N2. The van der Waals surface area contributed by atoms with E-state index in [-0.39, 0.29) is 0 Å². The van der Waals surface area contributed by atoms with E-state index in [4.69, 9.17) is 34.8 Å². The second-order valence-electron chi connectivity index (χ2n) is 5.78. The van der Waals surface area contributed by atoms with Gasteiger partial charge in [0.2, 0.25) is 0 Å². The van der Waals surface area contributed by atoms with Crippen LogP contribution in [0.3, 0.4) is 0 Å². The summed E-state index contributed by atoms with van der Waals surface area (Å²) < 4.78 is 2.38. The number of rotatable bonds is 1. The van der Waals surface area contributed by atoms with Crippen LogP contribution in [0.25, 0.3) is 22.0 Å². The van der Waals surface area contributed by atoms with Crippen LogP contribution in [0, 0.1) is 0 Å². The van der Waals surface area contributed by atoms with Crippen LogP contribution in [0.2, 0.25) is 15.1 Å². The zero-order valence-corrected chi connectivity index (χ0v) is 14.6. The molecule has 0 unspecified atom stereocenters. The van der Waals surface area contributed by atoms with Gasteiger partial charge < -0.3 is 9.88 Å². The molecule has 2 aromatic carbocycles. The van der Waals surface area contributed by atoms with Gasteiger partial charge in [-0.3, -0.25) is 0 Å². The molecule has 1 aliphatic heterocycles. The molecule has 0 fully saturated rings. The lowest BCUT2D eigenvalue weighted by Gasteiger charge is -2.13. The van der Waals surface area contributed by atoms with E-state index in [2.05, 4.69) is 34.1 Å². The number of fused-ring (bicyclic) bond motifs is 3. The topological polar surface area (TPSA) is 17.0 Å². The average molecular weight is 366 g/mol. The Balaban J connectivity index is 2.03. The lowest BCUT2D eigenvalue weighted by Crippen LogP contribution is -2.17. The maximum Gasteiger partial charge on any atom is 0.0563 e. The van der Waals surface area contributed by atoms with Gasteiger partial charge in [0.05, 0.1) is 15.6 Å². The molecule has 5 heteroatoms. The molecule has 3 aromatic rings. The first-order chi connectivity index (χ1) is 11.1. The smallest absolute Gasteiger partial charge is 0.0563 e. The Bertz CT molecular complexity index is 876. The lowest BCUT2D eigenvalue weighted by atomic mass is 10.0. The SMILES string of the molecule is Clc1cc(Cl)c(-c2cccc3cc4n(c23)CCNCC4)c(Cl)c1. The van der Waals surface area contributed by atoms with Crippen molar-refractivity contribution in [3.05, 3.63) is 57.2 Å². The van der Waals surface area contributed by atoms with Crippen molar-refractivity contribution in [2.45, 2.75) is 13.0 Å². The highest BCUT2D eigenvalue weighted by molar-refractivity contribution is 6.42. The van der Waals surface area contributed by atoms with Crippen LogP contribution in [0.4, 0.5) is 0 Å². The molecule has 0 radical (unpaired) electrons. The highest BCUT2D eigenvalue weighted by Gasteiger charge is 2.18. The molecule has 0 aliphatic carbocycles. The predicted octanol–water partition coefficient (Wildman–Crippen LogP) is 5.41. The van der Waals surface area contributed by atoms with Crippen LogP contribution in [0.5, 0.6) is 0 Å². The molecule has 118 valence electrons. The number of para-hydroxylation sites is 1. The van der Waals surface area contributed by atoms with Crippen LogP contribution in [-0.4, -0.2) is 17.7 Å². The molecule has 0 amide bonds. The Morgan fingerprint density at radius 3 is 2.52 bits per heavy atom. The van der Waals surface area contributed by atoms with Crippen LogP contribution in [0.15, 0.2) is 36.4 Å². The van der Waals surface area contributed by atoms with Gasteiger partial charge in [-0.2, -0.15) is 0 Å². The highest BCUT2D eigenvalue weighted by Crippen LogP contribution is 2.41.